The Bertz CT molecular complexity index is 1450. The van der Waals surface area contributed by atoms with Crippen molar-refractivity contribution in [2.24, 2.45) is 5.41 Å². The summed E-state index contributed by atoms with van der Waals surface area (Å²) in [6, 6.07) is 7.81. The first kappa shape index (κ1) is 23.8. The molecule has 10 nitrogen and oxygen atoms in total. The number of sulfonamides is 1. The Kier molecular flexibility index (Phi) is 5.82. The second kappa shape index (κ2) is 8.79. The van der Waals surface area contributed by atoms with E-state index in [2.05, 4.69) is 10.3 Å². The average molecular weight is 552 g/mol. The van der Waals surface area contributed by atoms with Crippen molar-refractivity contribution < 1.29 is 31.0 Å². The number of aromatic nitrogens is 1. The molecule has 1 aliphatic heterocycles. The van der Waals surface area contributed by atoms with Crippen LogP contribution in [0.15, 0.2) is 44.3 Å². The Labute approximate surface area is 215 Å². The van der Waals surface area contributed by atoms with Crippen molar-refractivity contribution in [2.75, 3.05) is 6.61 Å². The topological polar surface area (TPSA) is 141 Å². The van der Waals surface area contributed by atoms with Gasteiger partial charge >= 0.3 is 0 Å². The number of fused-ring (bicyclic) bond motifs is 1. The summed E-state index contributed by atoms with van der Waals surface area (Å²) in [5.41, 5.74) is 1.63. The lowest BCUT2D eigenvalue weighted by Gasteiger charge is -2.57. The maximum Gasteiger partial charge on any atom is 0.297 e. The highest BCUT2D eigenvalue weighted by molar-refractivity contribution is 7.96. The summed E-state index contributed by atoms with van der Waals surface area (Å²) in [5.74, 6) is -0.330. The molecular weight excluding hydrogens is 530 g/mol. The second-order valence-corrected chi connectivity index (χ2v) is 12.7. The summed E-state index contributed by atoms with van der Waals surface area (Å²) in [5, 5.41) is 2.43. The van der Waals surface area contributed by atoms with Gasteiger partial charge in [-0.1, -0.05) is 11.6 Å². The summed E-state index contributed by atoms with van der Waals surface area (Å²) in [6.07, 6.45) is 3.94. The normalized spacial score (nSPS) is 27.5. The van der Waals surface area contributed by atoms with E-state index in [1.807, 2.05) is 10.8 Å². The minimum Gasteiger partial charge on any atom is -0.440 e. The van der Waals surface area contributed by atoms with Crippen molar-refractivity contribution in [2.45, 2.75) is 54.4 Å². The number of nitrogens with one attached hydrogen (secondary N) is 2. The minimum atomic E-state index is -4.23. The number of furan rings is 1. The molecule has 1 unspecified atom stereocenters. The molecule has 2 aliphatic carbocycles. The first-order chi connectivity index (χ1) is 17.2. The van der Waals surface area contributed by atoms with Crippen LogP contribution >= 0.6 is 23.6 Å². The van der Waals surface area contributed by atoms with Crippen molar-refractivity contribution >= 4 is 56.6 Å². The SMILES string of the molecule is O=C(NC1CC2(C1)CC(c1nc3cc(Cl)ccc3o1)C2)c1ccc(S(=O)(=O)NC(=O)C2CCOS2)o1. The third-order valence-electron chi connectivity index (χ3n) is 7.01. The Balaban J connectivity index is 1.01. The van der Waals surface area contributed by atoms with Gasteiger partial charge in [-0.15, -0.1) is 0 Å². The van der Waals surface area contributed by atoms with E-state index in [0.29, 0.717) is 18.1 Å². The molecule has 36 heavy (non-hydrogen) atoms. The van der Waals surface area contributed by atoms with Gasteiger partial charge in [0.15, 0.2) is 17.2 Å². The van der Waals surface area contributed by atoms with Gasteiger partial charge in [0, 0.05) is 29.0 Å². The largest absolute Gasteiger partial charge is 0.440 e. The molecular formula is C23H22ClN3O7S2. The first-order valence-corrected chi connectivity index (χ1v) is 14.2. The zero-order valence-electron chi connectivity index (χ0n) is 18.9. The van der Waals surface area contributed by atoms with Gasteiger partial charge < -0.3 is 18.3 Å². The van der Waals surface area contributed by atoms with Crippen molar-refractivity contribution in [3.8, 4) is 0 Å². The van der Waals surface area contributed by atoms with E-state index in [0.717, 1.165) is 60.8 Å². The van der Waals surface area contributed by atoms with E-state index in [9.17, 15) is 18.0 Å². The Hall–Kier alpha value is -2.54. The van der Waals surface area contributed by atoms with Crippen LogP contribution in [0.2, 0.25) is 5.02 Å². The number of hydrogen-bond acceptors (Lipinski definition) is 9. The molecule has 3 heterocycles. The number of hydrogen-bond donors (Lipinski definition) is 2. The fourth-order valence-corrected chi connectivity index (χ4v) is 7.16. The van der Waals surface area contributed by atoms with Gasteiger partial charge in [-0.05, 0) is 67.9 Å². The van der Waals surface area contributed by atoms with Gasteiger partial charge in [-0.2, -0.15) is 8.42 Å². The number of nitrogens with zero attached hydrogens (tertiary/aromatic N) is 1. The van der Waals surface area contributed by atoms with Gasteiger partial charge in [0.2, 0.25) is 11.0 Å². The Morgan fingerprint density at radius 3 is 2.67 bits per heavy atom. The van der Waals surface area contributed by atoms with E-state index < -0.39 is 32.2 Å². The number of halogens is 1. The Morgan fingerprint density at radius 1 is 1.11 bits per heavy atom. The van der Waals surface area contributed by atoms with E-state index in [1.165, 1.54) is 6.07 Å². The van der Waals surface area contributed by atoms with Crippen LogP contribution in [-0.2, 0) is 19.0 Å². The molecule has 2 saturated carbocycles. The van der Waals surface area contributed by atoms with E-state index in [4.69, 9.17) is 24.6 Å². The highest BCUT2D eigenvalue weighted by Gasteiger charge is 2.54. The van der Waals surface area contributed by atoms with Crippen LogP contribution in [0.3, 0.4) is 0 Å². The average Bonchev–Trinajstić information content (AvgIpc) is 3.54. The smallest absolute Gasteiger partial charge is 0.297 e. The maximum absolute atomic E-state index is 12.6. The highest BCUT2D eigenvalue weighted by atomic mass is 35.5. The molecule has 0 bridgehead atoms. The summed E-state index contributed by atoms with van der Waals surface area (Å²) in [4.78, 5) is 29.3. The number of rotatable bonds is 6. The molecule has 3 fully saturated rings. The molecule has 190 valence electrons. The fourth-order valence-electron chi connectivity index (χ4n) is 5.27. The molecule has 0 radical (unpaired) electrons. The van der Waals surface area contributed by atoms with Gasteiger partial charge in [-0.25, -0.2) is 9.71 Å². The van der Waals surface area contributed by atoms with Gasteiger partial charge in [-0.3, -0.25) is 9.59 Å². The third kappa shape index (κ3) is 4.40. The molecule has 3 aliphatic rings. The van der Waals surface area contributed by atoms with E-state index >= 15 is 0 Å². The lowest BCUT2D eigenvalue weighted by Crippen LogP contribution is -2.55. The van der Waals surface area contributed by atoms with Crippen LogP contribution in [0.4, 0.5) is 0 Å². The molecule has 1 atom stereocenters. The van der Waals surface area contributed by atoms with Crippen LogP contribution in [0.5, 0.6) is 0 Å². The van der Waals surface area contributed by atoms with Gasteiger partial charge in [0.05, 0.1) is 6.61 Å². The van der Waals surface area contributed by atoms with Crippen LogP contribution in [0, 0.1) is 5.41 Å². The number of carbonyl (C=O) groups is 2. The van der Waals surface area contributed by atoms with Gasteiger partial charge in [0.1, 0.15) is 10.8 Å². The molecule has 1 saturated heterocycles. The number of oxazole rings is 1. The third-order valence-corrected chi connectivity index (χ3v) is 9.45. The zero-order valence-corrected chi connectivity index (χ0v) is 21.2. The highest BCUT2D eigenvalue weighted by Crippen LogP contribution is 2.61. The van der Waals surface area contributed by atoms with Crippen molar-refractivity contribution in [1.82, 2.24) is 15.0 Å². The summed E-state index contributed by atoms with van der Waals surface area (Å²) >= 11 is 6.96. The van der Waals surface area contributed by atoms with Crippen molar-refractivity contribution in [3.05, 3.63) is 47.0 Å². The quantitative estimate of drug-likeness (QED) is 0.438. The molecule has 2 N–H and O–H groups in total. The molecule has 2 aromatic heterocycles. The number of amides is 2. The lowest BCUT2D eigenvalue weighted by molar-refractivity contribution is -0.118. The minimum absolute atomic E-state index is 0.0230. The van der Waals surface area contributed by atoms with Gasteiger partial charge in [0.25, 0.3) is 15.9 Å². The lowest BCUT2D eigenvalue weighted by atomic mass is 9.50. The van der Waals surface area contributed by atoms with E-state index in [1.54, 1.807) is 12.1 Å². The predicted octanol–water partition coefficient (Wildman–Crippen LogP) is 3.77. The maximum atomic E-state index is 12.6. The molecule has 3 aromatic rings. The van der Waals surface area contributed by atoms with E-state index in [-0.39, 0.29) is 23.1 Å². The van der Waals surface area contributed by atoms with Crippen LogP contribution < -0.4 is 10.0 Å². The molecule has 13 heteroatoms. The predicted molar refractivity (Wildman–Crippen MR) is 130 cm³/mol. The van der Waals surface area contributed by atoms with Crippen molar-refractivity contribution in [3.63, 3.8) is 0 Å². The van der Waals surface area contributed by atoms with Crippen LogP contribution in [-0.4, -0.2) is 43.1 Å². The second-order valence-electron chi connectivity index (χ2n) is 9.63. The summed E-state index contributed by atoms with van der Waals surface area (Å²) in [6.45, 7) is 0.378. The molecule has 6 rings (SSSR count). The number of benzene rings is 1. The first-order valence-electron chi connectivity index (χ1n) is 11.5. The van der Waals surface area contributed by atoms with Crippen molar-refractivity contribution in [1.29, 1.82) is 0 Å². The Morgan fingerprint density at radius 2 is 1.92 bits per heavy atom. The molecule has 2 amide bonds. The molecule has 1 aromatic carbocycles. The summed E-state index contributed by atoms with van der Waals surface area (Å²) in [7, 11) is -4.23. The monoisotopic (exact) mass is 551 g/mol. The standard InChI is InChI=1S/C23H22ClN3O7S2/c24-13-1-2-16-15(7-13)26-22(34-16)12-8-23(9-12)10-14(11-23)25-20(28)17-3-4-19(33-17)36(30,31)27-21(29)18-5-6-32-35-18/h1-4,7,12,14,18H,5-6,8-11H2,(H,25,28)(H,27,29). The summed E-state index contributed by atoms with van der Waals surface area (Å²) < 4.78 is 43.1. The molecule has 1 spiro atoms. The fraction of sp³-hybridized carbons (Fsp3) is 0.435. The van der Waals surface area contributed by atoms with Crippen LogP contribution in [0.25, 0.3) is 11.1 Å². The van der Waals surface area contributed by atoms with Crippen LogP contribution in [0.1, 0.15) is 54.5 Å². The number of carbonyl (C=O) groups excluding carboxylic acids is 2. The zero-order chi connectivity index (χ0) is 25.1.